The van der Waals surface area contributed by atoms with Gasteiger partial charge in [0.1, 0.15) is 0 Å². The summed E-state index contributed by atoms with van der Waals surface area (Å²) in [5, 5.41) is 0. The van der Waals surface area contributed by atoms with Gasteiger partial charge in [-0.25, -0.2) is 0 Å². The van der Waals surface area contributed by atoms with Gasteiger partial charge in [0.05, 0.1) is 0 Å². The summed E-state index contributed by atoms with van der Waals surface area (Å²) in [7, 11) is -10.4. The summed E-state index contributed by atoms with van der Waals surface area (Å²) in [5.41, 5.74) is 12.2. The van der Waals surface area contributed by atoms with Crippen molar-refractivity contribution in [1.29, 1.82) is 0 Å². The van der Waals surface area contributed by atoms with E-state index in [1.54, 1.807) is 0 Å². The zero-order valence-corrected chi connectivity index (χ0v) is 79.2. The van der Waals surface area contributed by atoms with Crippen LogP contribution >= 0.6 is 0 Å². The summed E-state index contributed by atoms with van der Waals surface area (Å²) < 4.78 is 0. The van der Waals surface area contributed by atoms with E-state index in [1.807, 2.05) is 0 Å². The monoisotopic (exact) mass is 1760 g/mol. The van der Waals surface area contributed by atoms with Crippen LogP contribution in [0.2, 0.25) is 99.7 Å². The molecule has 84 heavy (non-hydrogen) atoms. The molecule has 0 amide bonds. The summed E-state index contributed by atoms with van der Waals surface area (Å²) in [6.07, 6.45) is 0. The molecular formula is C66H150N8S2Si6U2. The molecule has 0 fully saturated rings. The molecule has 8 nitrogen and oxygen atoms in total. The topological polar surface area (TPSA) is 91.1 Å². The zero-order valence-electron chi connectivity index (χ0n) is 63.3. The van der Waals surface area contributed by atoms with Gasteiger partial charge in [0.15, 0.2) is 0 Å². The molecule has 498 valence electrons. The maximum absolute atomic E-state index is 5.63. The number of rotatable bonds is 42. The molecule has 0 saturated carbocycles. The molecule has 0 aliphatic carbocycles. The fourth-order valence-electron chi connectivity index (χ4n) is 18.3. The fraction of sp³-hybridized carbons (Fsp3) is 1.00. The largest absolute Gasteiger partial charge is 4.00 e. The second kappa shape index (κ2) is 46.0. The summed E-state index contributed by atoms with van der Waals surface area (Å²) >= 11 is 7.33. The molecule has 18 heteroatoms. The Morgan fingerprint density at radius 3 is 0.321 bits per heavy atom. The molecule has 0 aliphatic rings. The molecule has 0 bridgehead atoms. The van der Waals surface area contributed by atoms with Gasteiger partial charge in [-0.2, -0.15) is 0 Å². The Labute approximate surface area is 596 Å². The van der Waals surface area contributed by atoms with Gasteiger partial charge in [-0.3, -0.25) is 0 Å². The number of hydrogen-bond donors (Lipinski definition) is 0. The first-order valence-electron chi connectivity index (χ1n) is 34.3. The van der Waals surface area contributed by atoms with E-state index in [-0.39, 0.29) is 62.2 Å². The molecule has 0 spiro atoms. The molecule has 0 aliphatic heterocycles. The predicted molar refractivity (Wildman–Crippen MR) is 403 cm³/mol. The summed E-state index contributed by atoms with van der Waals surface area (Å²) in [5.74, 6) is 0. The van der Waals surface area contributed by atoms with Crippen LogP contribution in [0.15, 0.2) is 0 Å². The van der Waals surface area contributed by atoms with Gasteiger partial charge in [0.25, 0.3) is 0 Å². The van der Waals surface area contributed by atoms with Crippen molar-refractivity contribution in [2.75, 3.05) is 78.5 Å². The molecule has 0 atom stereocenters. The molecule has 0 heterocycles. The standard InChI is InChI=1S/2C33H75N4Si3.S2.2U/c2*1-25(2)38(26(3)4,27(5)6)34-19-22-37(23-20-35-39(28(7)8,29(9)10)30(11)12)24-21-36-40(31(13)14,32(15)16)33(17)18;1-2;;/h2*25-33H,19-24H2,1-18H3;;;/q2*-3;-2;2*+4. The maximum atomic E-state index is 5.63. The fourth-order valence-corrected chi connectivity index (χ4v) is 51.8. The summed E-state index contributed by atoms with van der Waals surface area (Å²) in [4.78, 5) is 39.1. The first-order chi connectivity index (χ1) is 37.6. The van der Waals surface area contributed by atoms with E-state index >= 15 is 0 Å². The summed E-state index contributed by atoms with van der Waals surface area (Å²) in [6.45, 7) is 99.3. The Kier molecular flexibility index (Phi) is 52.9. The molecule has 0 N–H and O–H groups in total. The van der Waals surface area contributed by atoms with Crippen molar-refractivity contribution in [3.8, 4) is 0 Å². The molecule has 0 saturated heterocycles. The van der Waals surface area contributed by atoms with Crippen molar-refractivity contribution < 1.29 is 62.2 Å². The molecule has 0 unspecified atom stereocenters. The second-order valence-corrected chi connectivity index (χ2v) is 64.4. The Hall–Kier alpha value is 3.79. The van der Waals surface area contributed by atoms with Crippen molar-refractivity contribution in [3.63, 3.8) is 0 Å². The number of hydrogen-bond acceptors (Lipinski definition) is 4. The third kappa shape index (κ3) is 26.1. The Morgan fingerprint density at radius 1 is 0.190 bits per heavy atom. The van der Waals surface area contributed by atoms with E-state index in [1.165, 1.54) is 0 Å². The van der Waals surface area contributed by atoms with Crippen LogP contribution in [0.1, 0.15) is 249 Å². The van der Waals surface area contributed by atoms with Crippen LogP contribution in [-0.2, 0) is 23.3 Å². The molecule has 0 aromatic heterocycles. The normalized spacial score (nSPS) is 13.8. The van der Waals surface area contributed by atoms with Crippen LogP contribution in [0.25, 0.3) is 29.9 Å². The smallest absolute Gasteiger partial charge is 1.00 e. The first kappa shape index (κ1) is 96.5. The van der Waals surface area contributed by atoms with Crippen LogP contribution in [0.3, 0.4) is 0 Å². The van der Waals surface area contributed by atoms with Crippen molar-refractivity contribution in [3.05, 3.63) is 29.9 Å². The average Bonchev–Trinajstić information content (AvgIpc) is 3.32. The minimum Gasteiger partial charge on any atom is -1.00 e. The molecule has 0 aromatic rings. The van der Waals surface area contributed by atoms with Crippen LogP contribution in [-0.4, -0.2) is 138 Å². The van der Waals surface area contributed by atoms with Crippen molar-refractivity contribution in [1.82, 2.24) is 9.80 Å². The van der Waals surface area contributed by atoms with Crippen LogP contribution in [0.5, 0.6) is 0 Å². The molecular weight excluding hydrogens is 1610 g/mol. The van der Waals surface area contributed by atoms with E-state index in [9.17, 15) is 0 Å². The van der Waals surface area contributed by atoms with Crippen LogP contribution in [0.4, 0.5) is 0 Å². The van der Waals surface area contributed by atoms with Crippen molar-refractivity contribution >= 4 is 72.7 Å². The Bertz CT molecular complexity index is 1180. The van der Waals surface area contributed by atoms with Gasteiger partial charge < -0.3 is 63.0 Å². The minimum atomic E-state index is -1.74. The van der Waals surface area contributed by atoms with Gasteiger partial charge in [0, 0.05) is 0 Å². The van der Waals surface area contributed by atoms with Crippen molar-refractivity contribution in [2.24, 2.45) is 0 Å². The zero-order chi connectivity index (χ0) is 65.3. The van der Waals surface area contributed by atoms with Gasteiger partial charge in [-0.1, -0.05) is 349 Å². The molecule has 0 rings (SSSR count). The van der Waals surface area contributed by atoms with Gasteiger partial charge >= 0.3 is 62.2 Å². The minimum absolute atomic E-state index is 0. The van der Waals surface area contributed by atoms with Gasteiger partial charge in [-0.05, 0) is 88.7 Å². The predicted octanol–water partition coefficient (Wildman–Crippen LogP) is 23.9. The maximum Gasteiger partial charge on any atom is 4.00 e. The SMILES string of the molecule is CC(C)[Si]([N-]CCN(CC[N-][Si](C(C)C)(C(C)C)C(C)C)CC[N-][Si](C(C)C)(C(C)C)C(C)C)(C(C)C)C(C)C.CC(C)[Si]([N-]CCN(CC[N-][Si](C(C)C)(C(C)C)C(C)C)CC[N-][Si](C(C)C)(C(C)C)C(C)C)(C(C)C)C(C)C.[S-][S-].[U+4].[U+4]. The average molecular weight is 1760 g/mol. The third-order valence-corrected chi connectivity index (χ3v) is 59.4. The number of nitrogens with zero attached hydrogens (tertiary/aromatic N) is 8. The Balaban J connectivity index is -0.000000470. The van der Waals surface area contributed by atoms with Crippen LogP contribution in [0, 0.1) is 62.2 Å². The van der Waals surface area contributed by atoms with E-state index in [0.29, 0.717) is 99.7 Å². The quantitative estimate of drug-likeness (QED) is 0.0346. The Morgan fingerprint density at radius 2 is 0.262 bits per heavy atom. The van der Waals surface area contributed by atoms with Gasteiger partial charge in [0.2, 0.25) is 0 Å². The van der Waals surface area contributed by atoms with Crippen molar-refractivity contribution in [2.45, 2.75) is 349 Å². The van der Waals surface area contributed by atoms with E-state index in [2.05, 4.69) is 282 Å². The summed E-state index contributed by atoms with van der Waals surface area (Å²) in [6, 6.07) is 0. The molecule has 0 radical (unpaired) electrons. The van der Waals surface area contributed by atoms with E-state index < -0.39 is 49.4 Å². The first-order valence-corrected chi connectivity index (χ1v) is 48.7. The van der Waals surface area contributed by atoms with E-state index in [0.717, 1.165) is 78.5 Å². The second-order valence-electron chi connectivity index (χ2n) is 31.1. The van der Waals surface area contributed by atoms with Crippen LogP contribution < -0.4 is 0 Å². The van der Waals surface area contributed by atoms with Gasteiger partial charge in [-0.15, -0.1) is 39.3 Å². The molecule has 0 aromatic carbocycles. The van der Waals surface area contributed by atoms with E-state index in [4.69, 9.17) is 29.9 Å². The third-order valence-electron chi connectivity index (χ3n) is 21.5.